The molecule has 0 atom stereocenters. The molecule has 0 aliphatic carbocycles. The first-order valence-corrected chi connectivity index (χ1v) is 5.72. The molecule has 0 saturated carbocycles. The van der Waals surface area contributed by atoms with E-state index in [1.54, 1.807) is 0 Å². The van der Waals surface area contributed by atoms with Crippen LogP contribution in [0.25, 0.3) is 0 Å². The van der Waals surface area contributed by atoms with E-state index in [0.717, 1.165) is 17.1 Å². The molecule has 0 aliphatic rings. The van der Waals surface area contributed by atoms with Crippen molar-refractivity contribution in [1.29, 1.82) is 0 Å². The minimum Gasteiger partial charge on any atom is -0.360 e. The Morgan fingerprint density at radius 2 is 2.11 bits per heavy atom. The first kappa shape index (κ1) is 12.3. The highest BCUT2D eigenvalue weighted by atomic mass is 16.5. The largest absolute Gasteiger partial charge is 0.360 e. The fourth-order valence-corrected chi connectivity index (χ4v) is 1.53. The van der Waals surface area contributed by atoms with Gasteiger partial charge in [-0.25, -0.2) is 0 Å². The van der Waals surface area contributed by atoms with Gasteiger partial charge in [0.1, 0.15) is 0 Å². The van der Waals surface area contributed by atoms with Crippen LogP contribution in [0.15, 0.2) is 40.9 Å². The van der Waals surface area contributed by atoms with Crippen LogP contribution in [0.2, 0.25) is 0 Å². The Labute approximate surface area is 105 Å². The standard InChI is InChI=1S/C13H15N3O2/c1-10-7-12(18-16-10)8-14-9-13(17)15-11-5-3-2-4-6-11/h2-7,14H,8-9H2,1H3,(H,15,17). The zero-order valence-electron chi connectivity index (χ0n) is 10.1. The van der Waals surface area contributed by atoms with E-state index < -0.39 is 0 Å². The molecule has 18 heavy (non-hydrogen) atoms. The number of benzene rings is 1. The summed E-state index contributed by atoms with van der Waals surface area (Å²) in [6.45, 7) is 2.58. The number of carbonyl (C=O) groups is 1. The van der Waals surface area contributed by atoms with Gasteiger partial charge in [-0.3, -0.25) is 4.79 Å². The van der Waals surface area contributed by atoms with Crippen molar-refractivity contribution in [3.63, 3.8) is 0 Å². The highest BCUT2D eigenvalue weighted by Gasteiger charge is 2.03. The molecular weight excluding hydrogens is 230 g/mol. The summed E-state index contributed by atoms with van der Waals surface area (Å²) in [6, 6.07) is 11.2. The lowest BCUT2D eigenvalue weighted by molar-refractivity contribution is -0.115. The van der Waals surface area contributed by atoms with Gasteiger partial charge in [0.2, 0.25) is 5.91 Å². The van der Waals surface area contributed by atoms with Gasteiger partial charge in [-0.2, -0.15) is 0 Å². The molecule has 1 amide bonds. The molecule has 1 aromatic carbocycles. The van der Waals surface area contributed by atoms with Crippen LogP contribution in [0.4, 0.5) is 5.69 Å². The third kappa shape index (κ3) is 3.71. The fourth-order valence-electron chi connectivity index (χ4n) is 1.53. The first-order valence-electron chi connectivity index (χ1n) is 5.72. The number of carbonyl (C=O) groups excluding carboxylic acids is 1. The minimum absolute atomic E-state index is 0.0857. The van der Waals surface area contributed by atoms with Gasteiger partial charge in [0.05, 0.1) is 18.8 Å². The van der Waals surface area contributed by atoms with E-state index in [2.05, 4.69) is 15.8 Å². The van der Waals surface area contributed by atoms with Gasteiger partial charge in [0, 0.05) is 11.8 Å². The average Bonchev–Trinajstić information content (AvgIpc) is 2.76. The number of aromatic nitrogens is 1. The number of nitrogens with one attached hydrogen (secondary N) is 2. The van der Waals surface area contributed by atoms with E-state index in [1.165, 1.54) is 0 Å². The number of hydrogen-bond donors (Lipinski definition) is 2. The Morgan fingerprint density at radius 1 is 1.33 bits per heavy atom. The molecule has 0 saturated heterocycles. The van der Waals surface area contributed by atoms with Crippen molar-refractivity contribution >= 4 is 11.6 Å². The Hall–Kier alpha value is -2.14. The monoisotopic (exact) mass is 245 g/mol. The van der Waals surface area contributed by atoms with Crippen LogP contribution in [0.5, 0.6) is 0 Å². The number of nitrogens with zero attached hydrogens (tertiary/aromatic N) is 1. The lowest BCUT2D eigenvalue weighted by Gasteiger charge is -2.05. The second-order valence-electron chi connectivity index (χ2n) is 3.95. The van der Waals surface area contributed by atoms with Gasteiger partial charge >= 0.3 is 0 Å². The van der Waals surface area contributed by atoms with E-state index in [1.807, 2.05) is 43.3 Å². The maximum atomic E-state index is 11.6. The molecule has 2 N–H and O–H groups in total. The Bertz CT molecular complexity index is 508. The predicted octanol–water partition coefficient (Wildman–Crippen LogP) is 1.71. The van der Waals surface area contributed by atoms with Crippen LogP contribution >= 0.6 is 0 Å². The van der Waals surface area contributed by atoms with Crippen LogP contribution in [0.1, 0.15) is 11.5 Å². The molecular formula is C13H15N3O2. The molecule has 5 heteroatoms. The van der Waals surface area contributed by atoms with Gasteiger partial charge in [0.15, 0.2) is 5.76 Å². The van der Waals surface area contributed by atoms with Gasteiger partial charge in [-0.1, -0.05) is 23.4 Å². The van der Waals surface area contributed by atoms with E-state index in [-0.39, 0.29) is 12.5 Å². The van der Waals surface area contributed by atoms with E-state index >= 15 is 0 Å². The number of para-hydroxylation sites is 1. The SMILES string of the molecule is Cc1cc(CNCC(=O)Nc2ccccc2)on1. The summed E-state index contributed by atoms with van der Waals surface area (Å²) < 4.78 is 5.02. The van der Waals surface area contributed by atoms with Crippen molar-refractivity contribution in [1.82, 2.24) is 10.5 Å². The van der Waals surface area contributed by atoms with Crippen LogP contribution in [0, 0.1) is 6.92 Å². The van der Waals surface area contributed by atoms with E-state index in [0.29, 0.717) is 6.54 Å². The summed E-state index contributed by atoms with van der Waals surface area (Å²) in [5.74, 6) is 0.637. The number of aryl methyl sites for hydroxylation is 1. The topological polar surface area (TPSA) is 67.2 Å². The molecule has 2 aromatic rings. The molecule has 0 fully saturated rings. The van der Waals surface area contributed by atoms with Gasteiger partial charge in [0.25, 0.3) is 0 Å². The first-order chi connectivity index (χ1) is 8.74. The van der Waals surface area contributed by atoms with Crippen LogP contribution in [0.3, 0.4) is 0 Å². The number of hydrogen-bond acceptors (Lipinski definition) is 4. The lowest BCUT2D eigenvalue weighted by Crippen LogP contribution is -2.27. The van der Waals surface area contributed by atoms with Crippen molar-refractivity contribution in [2.24, 2.45) is 0 Å². The number of amides is 1. The lowest BCUT2D eigenvalue weighted by atomic mass is 10.3. The Morgan fingerprint density at radius 3 is 2.78 bits per heavy atom. The molecule has 94 valence electrons. The molecule has 2 rings (SSSR count). The minimum atomic E-state index is -0.0857. The number of rotatable bonds is 5. The highest BCUT2D eigenvalue weighted by Crippen LogP contribution is 2.04. The van der Waals surface area contributed by atoms with Crippen molar-refractivity contribution in [2.75, 3.05) is 11.9 Å². The van der Waals surface area contributed by atoms with E-state index in [9.17, 15) is 4.79 Å². The zero-order valence-corrected chi connectivity index (χ0v) is 10.1. The maximum absolute atomic E-state index is 11.6. The van der Waals surface area contributed by atoms with Crippen molar-refractivity contribution in [3.05, 3.63) is 47.9 Å². The third-order valence-electron chi connectivity index (χ3n) is 2.32. The Kier molecular flexibility index (Phi) is 4.09. The fraction of sp³-hybridized carbons (Fsp3) is 0.231. The van der Waals surface area contributed by atoms with Crippen LogP contribution < -0.4 is 10.6 Å². The van der Waals surface area contributed by atoms with Gasteiger partial charge < -0.3 is 15.2 Å². The summed E-state index contributed by atoms with van der Waals surface area (Å²) in [7, 11) is 0. The maximum Gasteiger partial charge on any atom is 0.238 e. The molecule has 1 aromatic heterocycles. The van der Waals surface area contributed by atoms with Crippen molar-refractivity contribution < 1.29 is 9.32 Å². The third-order valence-corrected chi connectivity index (χ3v) is 2.32. The van der Waals surface area contributed by atoms with Gasteiger partial charge in [-0.15, -0.1) is 0 Å². The van der Waals surface area contributed by atoms with Crippen LogP contribution in [-0.2, 0) is 11.3 Å². The second kappa shape index (κ2) is 5.97. The zero-order chi connectivity index (χ0) is 12.8. The van der Waals surface area contributed by atoms with Gasteiger partial charge in [-0.05, 0) is 19.1 Å². The number of anilines is 1. The molecule has 0 aliphatic heterocycles. The predicted molar refractivity (Wildman–Crippen MR) is 68.0 cm³/mol. The molecule has 1 heterocycles. The molecule has 5 nitrogen and oxygen atoms in total. The molecule has 0 radical (unpaired) electrons. The van der Waals surface area contributed by atoms with Crippen molar-refractivity contribution in [2.45, 2.75) is 13.5 Å². The molecule has 0 spiro atoms. The summed E-state index contributed by atoms with van der Waals surface area (Å²) in [5.41, 5.74) is 1.63. The molecule has 0 unspecified atom stereocenters. The quantitative estimate of drug-likeness (QED) is 0.841. The van der Waals surface area contributed by atoms with E-state index in [4.69, 9.17) is 4.52 Å². The summed E-state index contributed by atoms with van der Waals surface area (Å²) in [5, 5.41) is 9.54. The van der Waals surface area contributed by atoms with Crippen molar-refractivity contribution in [3.8, 4) is 0 Å². The summed E-state index contributed by atoms with van der Waals surface area (Å²) >= 11 is 0. The molecule has 0 bridgehead atoms. The second-order valence-corrected chi connectivity index (χ2v) is 3.95. The Balaban J connectivity index is 1.72. The normalized spacial score (nSPS) is 10.3. The van der Waals surface area contributed by atoms with Crippen LogP contribution in [-0.4, -0.2) is 17.6 Å². The summed E-state index contributed by atoms with van der Waals surface area (Å²) in [4.78, 5) is 11.6. The summed E-state index contributed by atoms with van der Waals surface area (Å²) in [6.07, 6.45) is 0. The average molecular weight is 245 g/mol. The highest BCUT2D eigenvalue weighted by molar-refractivity contribution is 5.92. The smallest absolute Gasteiger partial charge is 0.238 e.